The Balaban J connectivity index is 2.16. The Kier molecular flexibility index (Phi) is 6.77. The van der Waals surface area contributed by atoms with E-state index < -0.39 is 32.8 Å². The maximum Gasteiger partial charge on any atom is 0.357 e. The van der Waals surface area contributed by atoms with Crippen LogP contribution in [0, 0.1) is 6.92 Å². The molecule has 0 aliphatic heterocycles. The average Bonchev–Trinajstić information content (AvgIpc) is 2.58. The van der Waals surface area contributed by atoms with Crippen LogP contribution in [0.2, 0.25) is 0 Å². The molecule has 0 unspecified atom stereocenters. The molecule has 0 spiro atoms. The zero-order valence-corrected chi connectivity index (χ0v) is 16.6. The van der Waals surface area contributed by atoms with Crippen LogP contribution in [-0.4, -0.2) is 49.9 Å². The first kappa shape index (κ1) is 21.8. The Morgan fingerprint density at radius 2 is 1.57 bits per heavy atom. The van der Waals surface area contributed by atoms with Crippen LogP contribution in [0.15, 0.2) is 53.4 Å². The smallest absolute Gasteiger partial charge is 0.357 e. The molecule has 3 N–H and O–H groups in total. The molecule has 2 aromatic rings. The van der Waals surface area contributed by atoms with Crippen molar-refractivity contribution in [2.75, 3.05) is 17.8 Å². The van der Waals surface area contributed by atoms with Crippen LogP contribution in [0.5, 0.6) is 0 Å². The highest BCUT2D eigenvalue weighted by atomic mass is 32.2. The van der Waals surface area contributed by atoms with Gasteiger partial charge in [0.2, 0.25) is 10.0 Å². The van der Waals surface area contributed by atoms with Gasteiger partial charge in [0.05, 0.1) is 10.6 Å². The molecule has 0 aliphatic carbocycles. The molecule has 0 amide bonds. The second kappa shape index (κ2) is 8.69. The fourth-order valence-electron chi connectivity index (χ4n) is 2.44. The molecule has 152 valence electrons. The zero-order chi connectivity index (χ0) is 20.9. The van der Waals surface area contributed by atoms with Crippen LogP contribution in [0.4, 0.5) is 5.69 Å². The van der Waals surface area contributed by atoms with E-state index in [1.165, 1.54) is 24.3 Å². The summed E-state index contributed by atoms with van der Waals surface area (Å²) in [4.78, 5) is 11.1. The lowest BCUT2D eigenvalue weighted by Gasteiger charge is -2.20. The first-order chi connectivity index (χ1) is 13.0. The van der Waals surface area contributed by atoms with Gasteiger partial charge in [-0.1, -0.05) is 29.8 Å². The lowest BCUT2D eigenvalue weighted by Crippen LogP contribution is -2.37. The van der Waals surface area contributed by atoms with E-state index in [2.05, 4.69) is 0 Å². The number of aryl methyl sites for hydroxylation is 1. The number of nitrogens with zero attached hydrogens (tertiary/aromatic N) is 1. The third kappa shape index (κ3) is 6.30. The second-order valence-corrected chi connectivity index (χ2v) is 9.16. The summed E-state index contributed by atoms with van der Waals surface area (Å²) >= 11 is 0. The summed E-state index contributed by atoms with van der Waals surface area (Å²) in [5.74, 6) is -1.27. The number of hydrogen-bond donors (Lipinski definition) is 3. The van der Waals surface area contributed by atoms with Crippen molar-refractivity contribution in [1.82, 2.24) is 4.31 Å². The Morgan fingerprint density at radius 3 is 2.07 bits per heavy atom. The second-order valence-electron chi connectivity index (χ2n) is 6.07. The molecule has 0 bridgehead atoms. The molecule has 0 fully saturated rings. The Morgan fingerprint density at radius 1 is 1.00 bits per heavy atom. The van der Waals surface area contributed by atoms with E-state index in [9.17, 15) is 21.6 Å². The van der Waals surface area contributed by atoms with E-state index in [0.29, 0.717) is 5.56 Å². The lowest BCUT2D eigenvalue weighted by atomic mass is 10.1. The van der Waals surface area contributed by atoms with Gasteiger partial charge >= 0.3 is 16.3 Å². The molecule has 0 radical (unpaired) electrons. The molecular weight excluding hydrogens is 408 g/mol. The van der Waals surface area contributed by atoms with Crippen LogP contribution in [0.25, 0.3) is 0 Å². The quantitative estimate of drug-likeness (QED) is 0.514. The fraction of sp³-hybridized carbons (Fsp3) is 0.235. The van der Waals surface area contributed by atoms with E-state index in [0.717, 1.165) is 9.87 Å². The van der Waals surface area contributed by atoms with Crippen molar-refractivity contribution < 1.29 is 31.3 Å². The van der Waals surface area contributed by atoms with Crippen molar-refractivity contribution in [2.45, 2.75) is 18.2 Å². The van der Waals surface area contributed by atoms with Gasteiger partial charge in [-0.05, 0) is 43.2 Å². The van der Waals surface area contributed by atoms with E-state index >= 15 is 0 Å². The summed E-state index contributed by atoms with van der Waals surface area (Å²) < 4.78 is 58.6. The van der Waals surface area contributed by atoms with E-state index in [4.69, 9.17) is 9.66 Å². The molecular formula is C17H20N2O7S2. The van der Waals surface area contributed by atoms with Crippen LogP contribution >= 0.6 is 0 Å². The summed E-state index contributed by atoms with van der Waals surface area (Å²) in [5.41, 5.74) is 1.68. The van der Waals surface area contributed by atoms with Crippen molar-refractivity contribution in [3.05, 3.63) is 59.7 Å². The van der Waals surface area contributed by atoms with E-state index in [1.807, 2.05) is 11.6 Å². The van der Waals surface area contributed by atoms with Crippen molar-refractivity contribution >= 4 is 32.0 Å². The van der Waals surface area contributed by atoms with Gasteiger partial charge in [0.1, 0.15) is 6.54 Å². The molecule has 2 rings (SSSR count). The number of nitrogens with one attached hydrogen (secondary N) is 1. The molecule has 2 aromatic carbocycles. The Bertz CT molecular complexity index is 1030. The van der Waals surface area contributed by atoms with Gasteiger partial charge in [-0.15, -0.1) is 0 Å². The maximum absolute atomic E-state index is 12.8. The average molecular weight is 428 g/mol. The van der Waals surface area contributed by atoms with Crippen LogP contribution in [0.3, 0.4) is 0 Å². The van der Waals surface area contributed by atoms with Crippen LogP contribution in [-0.2, 0) is 31.5 Å². The third-order valence-corrected chi connectivity index (χ3v) is 6.17. The number of aliphatic carboxylic acids is 1. The predicted octanol–water partition coefficient (Wildman–Crippen LogP) is 1.53. The number of rotatable bonds is 9. The van der Waals surface area contributed by atoms with Gasteiger partial charge in [0, 0.05) is 6.54 Å². The van der Waals surface area contributed by atoms with Crippen molar-refractivity contribution in [2.24, 2.45) is 0 Å². The van der Waals surface area contributed by atoms with Gasteiger partial charge < -0.3 is 5.11 Å². The maximum atomic E-state index is 12.8. The highest BCUT2D eigenvalue weighted by molar-refractivity contribution is 7.89. The van der Waals surface area contributed by atoms with Crippen molar-refractivity contribution in [3.63, 3.8) is 0 Å². The molecule has 0 heterocycles. The molecule has 11 heteroatoms. The molecule has 0 aliphatic rings. The Hall–Kier alpha value is -2.47. The van der Waals surface area contributed by atoms with Crippen LogP contribution < -0.4 is 4.72 Å². The molecule has 9 nitrogen and oxygen atoms in total. The summed E-state index contributed by atoms with van der Waals surface area (Å²) in [6.45, 7) is 1.05. The summed E-state index contributed by atoms with van der Waals surface area (Å²) in [7, 11) is -8.37. The molecule has 28 heavy (non-hydrogen) atoms. The van der Waals surface area contributed by atoms with E-state index in [-0.39, 0.29) is 23.5 Å². The molecule has 0 atom stereocenters. The number of carbonyl (C=O) groups is 1. The number of hydrogen-bond acceptors (Lipinski definition) is 5. The van der Waals surface area contributed by atoms with Gasteiger partial charge in [0.25, 0.3) is 0 Å². The summed E-state index contributed by atoms with van der Waals surface area (Å²) in [6.07, 6.45) is 0.213. The highest BCUT2D eigenvalue weighted by Gasteiger charge is 2.26. The fourth-order valence-corrected chi connectivity index (χ4v) is 4.26. The first-order valence-corrected chi connectivity index (χ1v) is 11.0. The van der Waals surface area contributed by atoms with Gasteiger partial charge in [0.15, 0.2) is 0 Å². The molecule has 0 aromatic heterocycles. The summed E-state index contributed by atoms with van der Waals surface area (Å²) in [5, 5.41) is 9.09. The largest absolute Gasteiger partial charge is 0.480 e. The third-order valence-electron chi connectivity index (χ3n) is 3.82. The zero-order valence-electron chi connectivity index (χ0n) is 14.9. The first-order valence-electron chi connectivity index (χ1n) is 8.10. The predicted molar refractivity (Wildman–Crippen MR) is 103 cm³/mol. The van der Waals surface area contributed by atoms with E-state index in [1.54, 1.807) is 24.3 Å². The minimum Gasteiger partial charge on any atom is -0.480 e. The highest BCUT2D eigenvalue weighted by Crippen LogP contribution is 2.18. The van der Waals surface area contributed by atoms with Gasteiger partial charge in [-0.3, -0.25) is 14.1 Å². The molecule has 0 saturated carbocycles. The number of benzene rings is 2. The normalized spacial score (nSPS) is 12.1. The number of carboxylic acid groups (broad SMARTS) is 1. The number of sulfonamides is 1. The standard InChI is InChI=1S/C17H20N2O7S2/c1-13-2-8-16(9-3-13)27(22,23)19(12-17(20)21)11-10-14-4-6-15(7-5-14)18-28(24,25)26/h2-9,18H,10-12H2,1H3,(H,20,21)(H,24,25,26). The van der Waals surface area contributed by atoms with Crippen molar-refractivity contribution in [3.8, 4) is 0 Å². The van der Waals surface area contributed by atoms with Crippen LogP contribution in [0.1, 0.15) is 11.1 Å². The SMILES string of the molecule is Cc1ccc(S(=O)(=O)N(CCc2ccc(NS(=O)(=O)O)cc2)CC(=O)O)cc1. The Labute approximate surface area is 163 Å². The van der Waals surface area contributed by atoms with Crippen molar-refractivity contribution in [1.29, 1.82) is 0 Å². The lowest BCUT2D eigenvalue weighted by molar-refractivity contribution is -0.137. The monoisotopic (exact) mass is 428 g/mol. The topological polar surface area (TPSA) is 141 Å². The molecule has 0 saturated heterocycles. The van der Waals surface area contributed by atoms with Gasteiger partial charge in [-0.2, -0.15) is 12.7 Å². The number of carboxylic acids is 1. The van der Waals surface area contributed by atoms with Gasteiger partial charge in [-0.25, -0.2) is 8.42 Å². The minimum absolute atomic E-state index is 0.00653. The number of anilines is 1. The summed E-state index contributed by atoms with van der Waals surface area (Å²) in [6, 6.07) is 12.0. The minimum atomic E-state index is -4.39.